The summed E-state index contributed by atoms with van der Waals surface area (Å²) < 4.78 is 13.6. The number of hydrogen-bond donors (Lipinski definition) is 0. The van der Waals surface area contributed by atoms with Gasteiger partial charge in [0, 0.05) is 19.0 Å². The SMILES string of the molecule is CCn1nc(C)c(C)c1/C(OC(C)OC(=O)C(C)(C)C)=C(\C#N)c1ccc(C(C)(C)C)cc1. The molecule has 1 unspecified atom stereocenters. The van der Waals surface area contributed by atoms with Crippen molar-refractivity contribution in [3.63, 3.8) is 0 Å². The molecule has 0 bridgehead atoms. The Labute approximate surface area is 198 Å². The van der Waals surface area contributed by atoms with E-state index in [-0.39, 0.29) is 11.4 Å². The van der Waals surface area contributed by atoms with Crippen molar-refractivity contribution in [2.45, 2.75) is 87.5 Å². The number of nitrogens with zero attached hydrogens (tertiary/aromatic N) is 3. The molecule has 6 nitrogen and oxygen atoms in total. The summed E-state index contributed by atoms with van der Waals surface area (Å²) >= 11 is 0. The molecule has 1 heterocycles. The van der Waals surface area contributed by atoms with Crippen LogP contribution in [0.3, 0.4) is 0 Å². The Hall–Kier alpha value is -3.07. The molecule has 6 heteroatoms. The van der Waals surface area contributed by atoms with Gasteiger partial charge < -0.3 is 9.47 Å². The smallest absolute Gasteiger partial charge is 0.314 e. The molecular formula is C27H37N3O3. The van der Waals surface area contributed by atoms with Crippen molar-refractivity contribution in [3.05, 3.63) is 52.3 Å². The molecule has 1 aromatic heterocycles. The molecule has 1 atom stereocenters. The van der Waals surface area contributed by atoms with E-state index in [1.54, 1.807) is 27.7 Å². The molecule has 1 aromatic carbocycles. The number of aryl methyl sites for hydroxylation is 2. The van der Waals surface area contributed by atoms with E-state index < -0.39 is 11.7 Å². The summed E-state index contributed by atoms with van der Waals surface area (Å²) in [6, 6.07) is 10.3. The molecular weight excluding hydrogens is 414 g/mol. The van der Waals surface area contributed by atoms with E-state index >= 15 is 0 Å². The van der Waals surface area contributed by atoms with Crippen LogP contribution in [-0.4, -0.2) is 22.0 Å². The Bertz CT molecular complexity index is 1070. The lowest BCUT2D eigenvalue weighted by molar-refractivity contribution is -0.173. The zero-order valence-corrected chi connectivity index (χ0v) is 21.7. The minimum atomic E-state index is -0.885. The third-order valence-electron chi connectivity index (χ3n) is 5.49. The third-order valence-corrected chi connectivity index (χ3v) is 5.49. The van der Waals surface area contributed by atoms with Gasteiger partial charge in [0.2, 0.25) is 6.29 Å². The van der Waals surface area contributed by atoms with Gasteiger partial charge >= 0.3 is 5.97 Å². The fourth-order valence-electron chi connectivity index (χ4n) is 3.32. The van der Waals surface area contributed by atoms with E-state index in [1.807, 2.05) is 49.7 Å². The van der Waals surface area contributed by atoms with Gasteiger partial charge in [-0.1, -0.05) is 45.0 Å². The highest BCUT2D eigenvalue weighted by Gasteiger charge is 2.28. The maximum atomic E-state index is 12.4. The topological polar surface area (TPSA) is 77.1 Å². The Balaban J connectivity index is 2.66. The quantitative estimate of drug-likeness (QED) is 0.227. The summed E-state index contributed by atoms with van der Waals surface area (Å²) in [6.07, 6.45) is -0.885. The monoisotopic (exact) mass is 451 g/mol. The molecule has 0 spiro atoms. The highest BCUT2D eigenvalue weighted by atomic mass is 16.7. The predicted molar refractivity (Wildman–Crippen MR) is 131 cm³/mol. The van der Waals surface area contributed by atoms with Crippen molar-refractivity contribution in [1.29, 1.82) is 5.26 Å². The maximum absolute atomic E-state index is 12.4. The zero-order chi connectivity index (χ0) is 25.1. The van der Waals surface area contributed by atoms with Crippen LogP contribution in [-0.2, 0) is 26.2 Å². The number of ether oxygens (including phenoxy) is 2. The Morgan fingerprint density at radius 1 is 1.09 bits per heavy atom. The van der Waals surface area contributed by atoms with Crippen molar-refractivity contribution < 1.29 is 14.3 Å². The first-order valence-electron chi connectivity index (χ1n) is 11.4. The van der Waals surface area contributed by atoms with E-state index in [0.29, 0.717) is 23.6 Å². The molecule has 0 saturated carbocycles. The van der Waals surface area contributed by atoms with E-state index in [0.717, 1.165) is 16.8 Å². The average Bonchev–Trinajstić information content (AvgIpc) is 3.00. The van der Waals surface area contributed by atoms with Crippen LogP contribution in [0.15, 0.2) is 24.3 Å². The number of benzene rings is 1. The maximum Gasteiger partial charge on any atom is 0.314 e. The summed E-state index contributed by atoms with van der Waals surface area (Å²) in [6.45, 7) is 19.9. The molecule has 2 aromatic rings. The van der Waals surface area contributed by atoms with Gasteiger partial charge in [-0.3, -0.25) is 9.48 Å². The number of rotatable bonds is 6. The van der Waals surface area contributed by atoms with Gasteiger partial charge in [0.15, 0.2) is 5.76 Å². The van der Waals surface area contributed by atoms with Gasteiger partial charge in [-0.25, -0.2) is 0 Å². The number of esters is 1. The number of nitriles is 1. The molecule has 33 heavy (non-hydrogen) atoms. The first-order chi connectivity index (χ1) is 15.2. The number of carbonyl (C=O) groups excluding carboxylic acids is 1. The molecule has 0 radical (unpaired) electrons. The zero-order valence-electron chi connectivity index (χ0n) is 21.7. The largest absolute Gasteiger partial charge is 0.451 e. The van der Waals surface area contributed by atoms with Crippen molar-refractivity contribution in [3.8, 4) is 6.07 Å². The second kappa shape index (κ2) is 9.82. The van der Waals surface area contributed by atoms with E-state index in [1.165, 1.54) is 5.56 Å². The Kier molecular flexibility index (Phi) is 7.79. The van der Waals surface area contributed by atoms with Crippen LogP contribution in [0, 0.1) is 30.6 Å². The number of allylic oxidation sites excluding steroid dienone is 1. The lowest BCUT2D eigenvalue weighted by Crippen LogP contribution is -2.28. The second-order valence-corrected chi connectivity index (χ2v) is 10.4. The van der Waals surface area contributed by atoms with Gasteiger partial charge in [0.25, 0.3) is 0 Å². The molecule has 2 rings (SSSR count). The van der Waals surface area contributed by atoms with Crippen LogP contribution in [0.5, 0.6) is 0 Å². The van der Waals surface area contributed by atoms with Crippen molar-refractivity contribution in [2.75, 3.05) is 0 Å². The molecule has 0 N–H and O–H groups in total. The molecule has 0 aliphatic rings. The fraction of sp³-hybridized carbons (Fsp3) is 0.519. The van der Waals surface area contributed by atoms with Gasteiger partial charge in [-0.2, -0.15) is 10.4 Å². The first kappa shape index (κ1) is 26.2. The number of aromatic nitrogens is 2. The van der Waals surface area contributed by atoms with Crippen molar-refractivity contribution in [1.82, 2.24) is 9.78 Å². The van der Waals surface area contributed by atoms with Crippen molar-refractivity contribution >= 4 is 17.3 Å². The van der Waals surface area contributed by atoms with Gasteiger partial charge in [-0.15, -0.1) is 0 Å². The van der Waals surface area contributed by atoms with Gasteiger partial charge in [0.1, 0.15) is 17.3 Å². The molecule has 178 valence electrons. The molecule has 0 saturated heterocycles. The molecule has 0 aliphatic heterocycles. The third kappa shape index (κ3) is 6.04. The number of carbonyl (C=O) groups is 1. The molecule has 0 aliphatic carbocycles. The highest BCUT2D eigenvalue weighted by molar-refractivity contribution is 5.94. The highest BCUT2D eigenvalue weighted by Crippen LogP contribution is 2.33. The lowest BCUT2D eigenvalue weighted by Gasteiger charge is -2.24. The van der Waals surface area contributed by atoms with Gasteiger partial charge in [0.05, 0.1) is 11.1 Å². The van der Waals surface area contributed by atoms with Crippen LogP contribution < -0.4 is 0 Å². The van der Waals surface area contributed by atoms with E-state index in [9.17, 15) is 10.1 Å². The van der Waals surface area contributed by atoms with E-state index in [4.69, 9.17) is 9.47 Å². The summed E-state index contributed by atoms with van der Waals surface area (Å²) in [4.78, 5) is 12.4. The van der Waals surface area contributed by atoms with Crippen LogP contribution in [0.25, 0.3) is 11.3 Å². The van der Waals surface area contributed by atoms with Gasteiger partial charge in [-0.05, 0) is 58.1 Å². The van der Waals surface area contributed by atoms with Crippen LogP contribution in [0.2, 0.25) is 0 Å². The minimum Gasteiger partial charge on any atom is -0.451 e. The first-order valence-corrected chi connectivity index (χ1v) is 11.4. The minimum absolute atomic E-state index is 0.00141. The molecule has 0 amide bonds. The Morgan fingerprint density at radius 2 is 1.67 bits per heavy atom. The van der Waals surface area contributed by atoms with E-state index in [2.05, 4.69) is 31.9 Å². The summed E-state index contributed by atoms with van der Waals surface area (Å²) in [5.74, 6) is -0.0190. The summed E-state index contributed by atoms with van der Waals surface area (Å²) in [5, 5.41) is 14.8. The second-order valence-electron chi connectivity index (χ2n) is 10.4. The Morgan fingerprint density at radius 3 is 2.12 bits per heavy atom. The fourth-order valence-corrected chi connectivity index (χ4v) is 3.32. The van der Waals surface area contributed by atoms with Crippen LogP contribution in [0.4, 0.5) is 0 Å². The predicted octanol–water partition coefficient (Wildman–Crippen LogP) is 6.16. The number of hydrogen-bond acceptors (Lipinski definition) is 5. The standard InChI is InChI=1S/C27H37N3O3/c1-11-30-23(17(2)18(3)29-30)24(32-19(4)33-25(31)27(8,9)10)22(16-28)20-12-14-21(15-13-20)26(5,6)7/h12-15,19H,11H2,1-10H3/b24-22-. The average molecular weight is 452 g/mol. The lowest BCUT2D eigenvalue weighted by atomic mass is 9.86. The normalized spacial score (nSPS) is 13.7. The summed E-state index contributed by atoms with van der Waals surface area (Å²) in [5.41, 5.74) is 4.09. The van der Waals surface area contributed by atoms with Crippen LogP contribution in [0.1, 0.15) is 83.5 Å². The molecule has 0 fully saturated rings. The summed E-state index contributed by atoms with van der Waals surface area (Å²) in [7, 11) is 0. The van der Waals surface area contributed by atoms with Crippen LogP contribution >= 0.6 is 0 Å². The van der Waals surface area contributed by atoms with Crippen molar-refractivity contribution in [2.24, 2.45) is 5.41 Å².